The summed E-state index contributed by atoms with van der Waals surface area (Å²) in [5.74, 6) is -0.255. The molecule has 0 aromatic heterocycles. The van der Waals surface area contributed by atoms with Gasteiger partial charge in [-0.1, -0.05) is 13.0 Å². The topological polar surface area (TPSA) is 18.5 Å². The van der Waals surface area contributed by atoms with Crippen LogP contribution < -0.4 is 0 Å². The third-order valence-corrected chi connectivity index (χ3v) is 2.58. The minimum atomic E-state index is -0.255. The Balaban J connectivity index is 2.19. The van der Waals surface area contributed by atoms with Gasteiger partial charge in [-0.25, -0.2) is 4.39 Å². The van der Waals surface area contributed by atoms with E-state index in [2.05, 4.69) is 22.9 Å². The van der Waals surface area contributed by atoms with E-state index in [4.69, 9.17) is 9.47 Å². The molecule has 1 aromatic carbocycles. The van der Waals surface area contributed by atoms with Crippen molar-refractivity contribution in [2.24, 2.45) is 0 Å². The smallest absolute Gasteiger partial charge is 0.137 e. The summed E-state index contributed by atoms with van der Waals surface area (Å²) in [7, 11) is 0. The molecule has 4 heteroatoms. The van der Waals surface area contributed by atoms with Gasteiger partial charge in [0.2, 0.25) is 0 Å². The van der Waals surface area contributed by atoms with Gasteiger partial charge in [-0.15, -0.1) is 0 Å². The lowest BCUT2D eigenvalue weighted by Gasteiger charge is -2.05. The second-order valence-corrected chi connectivity index (χ2v) is 4.27. The lowest BCUT2D eigenvalue weighted by atomic mass is 10.2. The second-order valence-electron chi connectivity index (χ2n) is 3.41. The van der Waals surface area contributed by atoms with E-state index in [1.807, 2.05) is 0 Å². The maximum atomic E-state index is 12.9. The number of hydrogen-bond donors (Lipinski definition) is 0. The fourth-order valence-electron chi connectivity index (χ4n) is 1.18. The Morgan fingerprint density at radius 3 is 2.62 bits per heavy atom. The third kappa shape index (κ3) is 5.05. The highest BCUT2D eigenvalue weighted by molar-refractivity contribution is 9.10. The molecule has 0 aliphatic heterocycles. The van der Waals surface area contributed by atoms with Crippen molar-refractivity contribution in [1.82, 2.24) is 0 Å². The molecule has 0 N–H and O–H groups in total. The van der Waals surface area contributed by atoms with E-state index in [0.717, 1.165) is 18.6 Å². The minimum Gasteiger partial charge on any atom is -0.379 e. The highest BCUT2D eigenvalue weighted by atomic mass is 79.9. The molecule has 2 nitrogen and oxygen atoms in total. The summed E-state index contributed by atoms with van der Waals surface area (Å²) >= 11 is 3.13. The molecule has 16 heavy (non-hydrogen) atoms. The summed E-state index contributed by atoms with van der Waals surface area (Å²) in [6.07, 6.45) is 1.02. The fourth-order valence-corrected chi connectivity index (χ4v) is 1.61. The molecule has 0 aliphatic rings. The van der Waals surface area contributed by atoms with Crippen LogP contribution in [-0.4, -0.2) is 19.8 Å². The fraction of sp³-hybridized carbons (Fsp3) is 0.500. The van der Waals surface area contributed by atoms with E-state index < -0.39 is 0 Å². The second kappa shape index (κ2) is 7.76. The van der Waals surface area contributed by atoms with Crippen LogP contribution >= 0.6 is 15.9 Å². The van der Waals surface area contributed by atoms with E-state index in [1.54, 1.807) is 12.1 Å². The van der Waals surface area contributed by atoms with Gasteiger partial charge in [0.15, 0.2) is 0 Å². The lowest BCUT2D eigenvalue weighted by molar-refractivity contribution is 0.0408. The van der Waals surface area contributed by atoms with Gasteiger partial charge in [-0.05, 0) is 40.0 Å². The minimum absolute atomic E-state index is 0.255. The van der Waals surface area contributed by atoms with Crippen LogP contribution in [0.2, 0.25) is 0 Å². The van der Waals surface area contributed by atoms with Crippen LogP contribution in [-0.2, 0) is 16.1 Å². The van der Waals surface area contributed by atoms with Crippen molar-refractivity contribution >= 4 is 15.9 Å². The first-order chi connectivity index (χ1) is 7.74. The molecular weight excluding hydrogens is 275 g/mol. The SMILES string of the molecule is CCCOCCOCc1ccc(F)c(Br)c1. The average molecular weight is 291 g/mol. The van der Waals surface area contributed by atoms with Gasteiger partial charge in [-0.2, -0.15) is 0 Å². The standard InChI is InChI=1S/C12H16BrFO2/c1-2-5-15-6-7-16-9-10-3-4-12(14)11(13)8-10/h3-4,8H,2,5-7,9H2,1H3. The van der Waals surface area contributed by atoms with Gasteiger partial charge in [0.05, 0.1) is 24.3 Å². The molecule has 0 radical (unpaired) electrons. The molecule has 0 bridgehead atoms. The van der Waals surface area contributed by atoms with Gasteiger partial charge in [0.25, 0.3) is 0 Å². The van der Waals surface area contributed by atoms with Crippen molar-refractivity contribution in [3.8, 4) is 0 Å². The first-order valence-corrected chi connectivity index (χ1v) is 6.12. The monoisotopic (exact) mass is 290 g/mol. The molecular formula is C12H16BrFO2. The Morgan fingerprint density at radius 1 is 1.19 bits per heavy atom. The molecule has 0 fully saturated rings. The van der Waals surface area contributed by atoms with Crippen molar-refractivity contribution in [1.29, 1.82) is 0 Å². The highest BCUT2D eigenvalue weighted by Gasteiger charge is 2.00. The number of benzene rings is 1. The maximum Gasteiger partial charge on any atom is 0.137 e. The Hall–Kier alpha value is -0.450. The van der Waals surface area contributed by atoms with Crippen LogP contribution in [0.3, 0.4) is 0 Å². The zero-order valence-electron chi connectivity index (χ0n) is 9.34. The van der Waals surface area contributed by atoms with Gasteiger partial charge in [0, 0.05) is 6.61 Å². The van der Waals surface area contributed by atoms with Crippen LogP contribution in [0.5, 0.6) is 0 Å². The predicted molar refractivity (Wildman–Crippen MR) is 64.9 cm³/mol. The maximum absolute atomic E-state index is 12.9. The van der Waals surface area contributed by atoms with Crippen LogP contribution in [0.1, 0.15) is 18.9 Å². The van der Waals surface area contributed by atoms with Gasteiger partial charge in [-0.3, -0.25) is 0 Å². The predicted octanol–water partition coefficient (Wildman–Crippen LogP) is 3.53. The number of ether oxygens (including phenoxy) is 2. The molecule has 0 saturated heterocycles. The largest absolute Gasteiger partial charge is 0.379 e. The Kier molecular flexibility index (Phi) is 6.61. The highest BCUT2D eigenvalue weighted by Crippen LogP contribution is 2.17. The van der Waals surface area contributed by atoms with Gasteiger partial charge < -0.3 is 9.47 Å². The molecule has 1 rings (SSSR count). The average Bonchev–Trinajstić information content (AvgIpc) is 2.28. The lowest BCUT2D eigenvalue weighted by Crippen LogP contribution is -2.04. The number of halogens is 2. The summed E-state index contributed by atoms with van der Waals surface area (Å²) in [6.45, 7) is 4.49. The molecule has 1 aromatic rings. The molecule has 0 spiro atoms. The third-order valence-electron chi connectivity index (χ3n) is 1.97. The number of rotatable bonds is 7. The first kappa shape index (κ1) is 13.6. The van der Waals surface area contributed by atoms with Crippen molar-refractivity contribution in [3.63, 3.8) is 0 Å². The summed E-state index contributed by atoms with van der Waals surface area (Å²) < 4.78 is 24.0. The van der Waals surface area contributed by atoms with Crippen molar-refractivity contribution in [3.05, 3.63) is 34.1 Å². The summed E-state index contributed by atoms with van der Waals surface area (Å²) in [5.41, 5.74) is 0.948. The van der Waals surface area contributed by atoms with E-state index in [-0.39, 0.29) is 5.82 Å². The molecule has 90 valence electrons. The Labute approximate surface area is 104 Å². The molecule has 0 unspecified atom stereocenters. The number of hydrogen-bond acceptors (Lipinski definition) is 2. The molecule has 0 aliphatic carbocycles. The normalized spacial score (nSPS) is 10.7. The first-order valence-electron chi connectivity index (χ1n) is 5.33. The Morgan fingerprint density at radius 2 is 1.94 bits per heavy atom. The van der Waals surface area contributed by atoms with E-state index in [0.29, 0.717) is 24.3 Å². The summed E-state index contributed by atoms with van der Waals surface area (Å²) in [4.78, 5) is 0. The van der Waals surface area contributed by atoms with Crippen molar-refractivity contribution < 1.29 is 13.9 Å². The van der Waals surface area contributed by atoms with Crippen LogP contribution in [0.15, 0.2) is 22.7 Å². The van der Waals surface area contributed by atoms with Crippen LogP contribution in [0.25, 0.3) is 0 Å². The van der Waals surface area contributed by atoms with Crippen LogP contribution in [0, 0.1) is 5.82 Å². The van der Waals surface area contributed by atoms with Gasteiger partial charge in [0.1, 0.15) is 5.82 Å². The molecule has 0 heterocycles. The molecule has 0 amide bonds. The quantitative estimate of drug-likeness (QED) is 0.715. The summed E-state index contributed by atoms with van der Waals surface area (Å²) in [6, 6.07) is 4.87. The zero-order chi connectivity index (χ0) is 11.8. The zero-order valence-corrected chi connectivity index (χ0v) is 10.9. The van der Waals surface area contributed by atoms with E-state index in [9.17, 15) is 4.39 Å². The van der Waals surface area contributed by atoms with E-state index in [1.165, 1.54) is 6.07 Å². The molecule has 0 saturated carbocycles. The van der Waals surface area contributed by atoms with Crippen LogP contribution in [0.4, 0.5) is 4.39 Å². The van der Waals surface area contributed by atoms with E-state index >= 15 is 0 Å². The molecule has 0 atom stereocenters. The van der Waals surface area contributed by atoms with Crippen molar-refractivity contribution in [2.45, 2.75) is 20.0 Å². The van der Waals surface area contributed by atoms with Gasteiger partial charge >= 0.3 is 0 Å². The van der Waals surface area contributed by atoms with Crippen molar-refractivity contribution in [2.75, 3.05) is 19.8 Å². The summed E-state index contributed by atoms with van der Waals surface area (Å²) in [5, 5.41) is 0. The Bertz CT molecular complexity index is 318.